The van der Waals surface area contributed by atoms with Crippen LogP contribution in [0.1, 0.15) is 48.6 Å². The topological polar surface area (TPSA) is 87.5 Å². The maximum Gasteiger partial charge on any atom is 0.296 e. The van der Waals surface area contributed by atoms with Gasteiger partial charge in [-0.25, -0.2) is 9.37 Å². The summed E-state index contributed by atoms with van der Waals surface area (Å²) < 4.78 is 14.5. The predicted molar refractivity (Wildman–Crippen MR) is 103 cm³/mol. The molecule has 1 aromatic heterocycles. The Bertz CT molecular complexity index is 942. The van der Waals surface area contributed by atoms with E-state index in [0.29, 0.717) is 24.5 Å². The zero-order chi connectivity index (χ0) is 20.5. The second kappa shape index (κ2) is 7.71. The maximum absolute atomic E-state index is 13.0. The lowest BCUT2D eigenvalue weighted by Crippen LogP contribution is -2.52. The van der Waals surface area contributed by atoms with Gasteiger partial charge in [0.2, 0.25) is 5.75 Å². The molecular formula is C20H25FN4O3. The van der Waals surface area contributed by atoms with Crippen molar-refractivity contribution in [1.82, 2.24) is 19.8 Å². The fourth-order valence-corrected chi connectivity index (χ4v) is 3.65. The van der Waals surface area contributed by atoms with Crippen molar-refractivity contribution >= 4 is 5.91 Å². The number of nitrogens with zero attached hydrogens (tertiary/aromatic N) is 3. The zero-order valence-electron chi connectivity index (χ0n) is 16.3. The van der Waals surface area contributed by atoms with E-state index in [1.54, 1.807) is 12.1 Å². The highest BCUT2D eigenvalue weighted by Gasteiger charge is 2.39. The Kier molecular flexibility index (Phi) is 5.51. The van der Waals surface area contributed by atoms with Gasteiger partial charge in [-0.15, -0.1) is 0 Å². The van der Waals surface area contributed by atoms with Gasteiger partial charge in [0.05, 0.1) is 5.54 Å². The third-order valence-corrected chi connectivity index (χ3v) is 5.45. The van der Waals surface area contributed by atoms with Crippen molar-refractivity contribution < 1.29 is 14.3 Å². The van der Waals surface area contributed by atoms with E-state index in [1.165, 1.54) is 16.7 Å². The third kappa shape index (κ3) is 3.52. The minimum absolute atomic E-state index is 0.130. The number of aromatic hydroxyl groups is 1. The van der Waals surface area contributed by atoms with E-state index in [4.69, 9.17) is 0 Å². The van der Waals surface area contributed by atoms with Gasteiger partial charge in [-0.2, -0.15) is 0 Å². The number of carbonyl (C=O) groups is 1. The molecule has 2 heterocycles. The first kappa shape index (κ1) is 20.0. The molecule has 8 heteroatoms. The molecule has 0 fully saturated rings. The quantitative estimate of drug-likeness (QED) is 0.818. The Morgan fingerprint density at radius 1 is 1.32 bits per heavy atom. The summed E-state index contributed by atoms with van der Waals surface area (Å²) in [5.41, 5.74) is -0.700. The van der Waals surface area contributed by atoms with Crippen LogP contribution in [0.4, 0.5) is 4.39 Å². The van der Waals surface area contributed by atoms with Gasteiger partial charge in [-0.3, -0.25) is 19.1 Å². The Labute approximate surface area is 162 Å². The minimum atomic E-state index is -0.649. The van der Waals surface area contributed by atoms with E-state index in [1.807, 2.05) is 20.9 Å². The molecule has 1 unspecified atom stereocenters. The number of halogens is 1. The molecule has 150 valence electrons. The van der Waals surface area contributed by atoms with Gasteiger partial charge in [0.15, 0.2) is 5.69 Å². The van der Waals surface area contributed by atoms with Crippen molar-refractivity contribution in [2.75, 3.05) is 13.6 Å². The molecular weight excluding hydrogens is 363 g/mol. The van der Waals surface area contributed by atoms with Gasteiger partial charge in [0, 0.05) is 19.6 Å². The Hall–Kier alpha value is -2.74. The number of hydrogen-bond donors (Lipinski definition) is 2. The molecule has 0 spiro atoms. The molecule has 0 aliphatic carbocycles. The minimum Gasteiger partial charge on any atom is -0.501 e. The van der Waals surface area contributed by atoms with Gasteiger partial charge in [0.1, 0.15) is 11.6 Å². The molecule has 2 N–H and O–H groups in total. The molecule has 2 aromatic rings. The molecule has 0 radical (unpaired) electrons. The van der Waals surface area contributed by atoms with Crippen LogP contribution in [-0.4, -0.2) is 39.1 Å². The summed E-state index contributed by atoms with van der Waals surface area (Å²) in [5, 5.41) is 12.9. The highest BCUT2D eigenvalue weighted by molar-refractivity contribution is 5.94. The molecule has 0 saturated carbocycles. The normalized spacial score (nSPS) is 19.3. The van der Waals surface area contributed by atoms with Crippen molar-refractivity contribution in [3.05, 3.63) is 57.5 Å². The van der Waals surface area contributed by atoms with Crippen LogP contribution < -0.4 is 10.9 Å². The largest absolute Gasteiger partial charge is 0.501 e. The van der Waals surface area contributed by atoms with E-state index < -0.39 is 22.8 Å². The Morgan fingerprint density at radius 2 is 2.00 bits per heavy atom. The number of rotatable bonds is 5. The Morgan fingerprint density at radius 3 is 2.64 bits per heavy atom. The second-order valence-corrected chi connectivity index (χ2v) is 7.34. The molecule has 1 aromatic carbocycles. The van der Waals surface area contributed by atoms with E-state index in [0.717, 1.165) is 12.8 Å². The van der Waals surface area contributed by atoms with Crippen LogP contribution in [0.2, 0.25) is 0 Å². The average molecular weight is 388 g/mol. The maximum atomic E-state index is 13.0. The van der Waals surface area contributed by atoms with Gasteiger partial charge in [0.25, 0.3) is 11.5 Å². The number of nitrogens with one attached hydrogen (secondary N) is 1. The number of carbonyl (C=O) groups excluding carboxylic acids is 1. The van der Waals surface area contributed by atoms with E-state index in [-0.39, 0.29) is 18.1 Å². The van der Waals surface area contributed by atoms with Gasteiger partial charge in [-0.1, -0.05) is 25.5 Å². The van der Waals surface area contributed by atoms with Crippen molar-refractivity contribution in [1.29, 1.82) is 0 Å². The van der Waals surface area contributed by atoms with Gasteiger partial charge >= 0.3 is 0 Å². The number of fused-ring (bicyclic) bond motifs is 1. The van der Waals surface area contributed by atoms with Crippen molar-refractivity contribution in [3.8, 4) is 5.75 Å². The lowest BCUT2D eigenvalue weighted by molar-refractivity contribution is 0.0759. The average Bonchev–Trinajstić information content (AvgIpc) is 2.67. The first-order valence-electron chi connectivity index (χ1n) is 9.36. The second-order valence-electron chi connectivity index (χ2n) is 7.34. The molecule has 0 saturated heterocycles. The fraction of sp³-hybridized carbons (Fsp3) is 0.450. The van der Waals surface area contributed by atoms with Crippen LogP contribution in [-0.2, 0) is 18.6 Å². The van der Waals surface area contributed by atoms with E-state index in [2.05, 4.69) is 15.2 Å². The number of benzene rings is 1. The van der Waals surface area contributed by atoms with Crippen LogP contribution in [0.5, 0.6) is 5.75 Å². The summed E-state index contributed by atoms with van der Waals surface area (Å²) in [6.07, 6.45) is 1.64. The first-order valence-corrected chi connectivity index (χ1v) is 9.36. The van der Waals surface area contributed by atoms with E-state index in [9.17, 15) is 19.1 Å². The highest BCUT2D eigenvalue weighted by atomic mass is 19.1. The molecule has 7 nitrogen and oxygen atoms in total. The number of aromatic nitrogens is 2. The van der Waals surface area contributed by atoms with Gasteiger partial charge < -0.3 is 10.4 Å². The zero-order valence-corrected chi connectivity index (χ0v) is 16.3. The first-order chi connectivity index (χ1) is 13.3. The van der Waals surface area contributed by atoms with Crippen molar-refractivity contribution in [2.24, 2.45) is 0 Å². The molecule has 1 aliphatic rings. The lowest BCUT2D eigenvalue weighted by Gasteiger charge is -2.43. The summed E-state index contributed by atoms with van der Waals surface area (Å²) in [6.45, 7) is 5.23. The summed E-state index contributed by atoms with van der Waals surface area (Å²) in [5.74, 6) is -1.17. The van der Waals surface area contributed by atoms with E-state index >= 15 is 0 Å². The molecule has 1 aliphatic heterocycles. The standard InChI is InChI=1S/C20H25FN4O3/c1-4-9-20(2)19-23-15(16(26)18(28)25(19)11-10-24(20)3)17(27)22-12-13-5-7-14(21)8-6-13/h5-8,26H,4,9-12H2,1-3H3,(H,22,27). The SMILES string of the molecule is CCCC1(C)c2nc(C(=O)NCc3ccc(F)cc3)c(O)c(=O)n2CCN1C. The fourth-order valence-electron chi connectivity index (χ4n) is 3.65. The number of likely N-dealkylation sites (N-methyl/N-ethyl adjacent to an activating group) is 1. The molecule has 0 bridgehead atoms. The highest BCUT2D eigenvalue weighted by Crippen LogP contribution is 2.33. The molecule has 1 atom stereocenters. The number of amides is 1. The molecule has 28 heavy (non-hydrogen) atoms. The Balaban J connectivity index is 1.94. The summed E-state index contributed by atoms with van der Waals surface area (Å²) in [6, 6.07) is 5.71. The third-order valence-electron chi connectivity index (χ3n) is 5.45. The van der Waals surface area contributed by atoms with Crippen molar-refractivity contribution in [2.45, 2.75) is 45.3 Å². The predicted octanol–water partition coefficient (Wildman–Crippen LogP) is 1.98. The molecule has 1 amide bonds. The van der Waals surface area contributed by atoms with Crippen molar-refractivity contribution in [3.63, 3.8) is 0 Å². The van der Waals surface area contributed by atoms with Crippen LogP contribution in [0.15, 0.2) is 29.1 Å². The van der Waals surface area contributed by atoms with Crippen LogP contribution in [0, 0.1) is 5.82 Å². The van der Waals surface area contributed by atoms with Crippen LogP contribution in [0.25, 0.3) is 0 Å². The summed E-state index contributed by atoms with van der Waals surface area (Å²) >= 11 is 0. The monoisotopic (exact) mass is 388 g/mol. The lowest BCUT2D eigenvalue weighted by atomic mass is 9.91. The number of hydrogen-bond acceptors (Lipinski definition) is 5. The van der Waals surface area contributed by atoms with Crippen LogP contribution in [0.3, 0.4) is 0 Å². The summed E-state index contributed by atoms with van der Waals surface area (Å²) in [7, 11) is 1.96. The smallest absolute Gasteiger partial charge is 0.296 e. The van der Waals surface area contributed by atoms with Gasteiger partial charge in [-0.05, 0) is 38.1 Å². The van der Waals surface area contributed by atoms with Crippen LogP contribution >= 0.6 is 0 Å². The summed E-state index contributed by atoms with van der Waals surface area (Å²) in [4.78, 5) is 31.8. The molecule has 3 rings (SSSR count).